The van der Waals surface area contributed by atoms with E-state index in [1.807, 2.05) is 0 Å². The highest BCUT2D eigenvalue weighted by atomic mass is 16.8. The van der Waals surface area contributed by atoms with Gasteiger partial charge in [-0.25, -0.2) is 0 Å². The second-order valence-corrected chi connectivity index (χ2v) is 16.8. The molecule has 30 unspecified atom stereocenters. The Morgan fingerprint density at radius 1 is 0.181 bits per heavy atom. The fourth-order valence-electron chi connectivity index (χ4n) is 8.93. The van der Waals surface area contributed by atoms with Crippen LogP contribution in [0.4, 0.5) is 0 Å². The standard InChI is InChI=1S/C36H60O30.6H2O/c37-1-7-25-13(43)19(49)31(55-7)62-26-8(2-38)57-33(21(51)15(26)45)64-28-10(4-40)59-35(23(53)17(28)47)66-30-12(6-42)60-36(24(54)18(30)48)65-29-11(5-41)58-34(22(52)16(29)46)63-27-9(3-39)56-32(61-25)20(50)14(27)44;;;;;;/h7-54H,1-6H2;6*1H2. The van der Waals surface area contributed by atoms with E-state index in [1.54, 1.807) is 0 Å². The van der Waals surface area contributed by atoms with Gasteiger partial charge in [0.15, 0.2) is 37.7 Å². The van der Waals surface area contributed by atoms with Crippen molar-refractivity contribution < 1.29 is 182 Å². The van der Waals surface area contributed by atoms with Crippen LogP contribution in [0.5, 0.6) is 0 Å². The first kappa shape index (κ1) is 68.6. The van der Waals surface area contributed by atoms with Gasteiger partial charge in [0, 0.05) is 0 Å². The summed E-state index contributed by atoms with van der Waals surface area (Å²) in [4.78, 5) is 0. The second kappa shape index (κ2) is 28.8. The summed E-state index contributed by atoms with van der Waals surface area (Å²) in [5.74, 6) is 0. The number of rotatable bonds is 6. The molecule has 22 fully saturated rings. The van der Waals surface area contributed by atoms with E-state index in [2.05, 4.69) is 0 Å². The fraction of sp³-hybridized carbons (Fsp3) is 1.00. The summed E-state index contributed by atoms with van der Waals surface area (Å²) in [6.07, 6.45) is -58.5. The first-order valence-electron chi connectivity index (χ1n) is 21.1. The lowest BCUT2D eigenvalue weighted by molar-refractivity contribution is -0.404. The Labute approximate surface area is 405 Å². The second-order valence-electron chi connectivity index (χ2n) is 16.8. The summed E-state index contributed by atoms with van der Waals surface area (Å²) in [5, 5.41) is 196. The number of ether oxygens (including phenoxy) is 12. The molecule has 30 N–H and O–H groups in total. The van der Waals surface area contributed by atoms with Crippen LogP contribution in [0.3, 0.4) is 0 Å². The van der Waals surface area contributed by atoms with Gasteiger partial charge in [0.05, 0.1) is 39.6 Å². The Bertz CT molecular complexity index is 1240. The minimum absolute atomic E-state index is 0. The van der Waals surface area contributed by atoms with Gasteiger partial charge in [-0.15, -0.1) is 0 Å². The van der Waals surface area contributed by atoms with Crippen LogP contribution in [-0.2, 0) is 56.8 Å². The molecule has 432 valence electrons. The minimum Gasteiger partial charge on any atom is -0.412 e. The van der Waals surface area contributed by atoms with Crippen molar-refractivity contribution in [2.45, 2.75) is 184 Å². The van der Waals surface area contributed by atoms with Crippen molar-refractivity contribution in [1.82, 2.24) is 0 Å². The normalized spacial score (nSPS) is 50.8. The molecule has 0 aromatic rings. The smallest absolute Gasteiger partial charge is 0.187 e. The lowest BCUT2D eigenvalue weighted by atomic mass is 9.94. The summed E-state index contributed by atoms with van der Waals surface area (Å²) >= 11 is 0. The Morgan fingerprint density at radius 3 is 0.389 bits per heavy atom. The number of hydrogen-bond acceptors (Lipinski definition) is 30. The third kappa shape index (κ3) is 13.1. The zero-order valence-electron chi connectivity index (χ0n) is 37.5. The van der Waals surface area contributed by atoms with Gasteiger partial charge in [0.1, 0.15) is 146 Å². The van der Waals surface area contributed by atoms with Crippen LogP contribution < -0.4 is 0 Å². The van der Waals surface area contributed by atoms with E-state index >= 15 is 0 Å². The molecule has 0 saturated carbocycles. The molecule has 0 aliphatic carbocycles. The average molecular weight is 1080 g/mol. The molecule has 22 heterocycles. The highest BCUT2D eigenvalue weighted by Gasteiger charge is 2.58. The van der Waals surface area contributed by atoms with E-state index in [1.165, 1.54) is 0 Å². The Morgan fingerprint density at radius 2 is 0.292 bits per heavy atom. The molecule has 72 heavy (non-hydrogen) atoms. The lowest BCUT2D eigenvalue weighted by Crippen LogP contribution is -2.69. The summed E-state index contributed by atoms with van der Waals surface area (Å²) in [5.41, 5.74) is 0. The van der Waals surface area contributed by atoms with Crippen LogP contribution in [0, 0.1) is 0 Å². The zero-order valence-corrected chi connectivity index (χ0v) is 37.5. The first-order chi connectivity index (χ1) is 31.4. The Kier molecular flexibility index (Phi) is 27.4. The summed E-state index contributed by atoms with van der Waals surface area (Å²) < 4.78 is 67.9. The van der Waals surface area contributed by atoms with Crippen LogP contribution in [0.2, 0.25) is 0 Å². The molecule has 0 radical (unpaired) electrons. The first-order valence-corrected chi connectivity index (χ1v) is 21.1. The van der Waals surface area contributed by atoms with Gasteiger partial charge in [-0.1, -0.05) is 0 Å². The maximum absolute atomic E-state index is 11.2. The minimum atomic E-state index is -2.15. The summed E-state index contributed by atoms with van der Waals surface area (Å²) in [6.45, 7) is -5.99. The highest BCUT2D eigenvalue weighted by molar-refractivity contribution is 5.01. The van der Waals surface area contributed by atoms with Crippen molar-refractivity contribution in [2.75, 3.05) is 39.6 Å². The van der Waals surface area contributed by atoms with E-state index in [4.69, 9.17) is 56.8 Å². The van der Waals surface area contributed by atoms with E-state index in [9.17, 15) is 91.9 Å². The van der Waals surface area contributed by atoms with E-state index < -0.39 is 224 Å². The van der Waals surface area contributed by atoms with Crippen molar-refractivity contribution >= 4 is 0 Å². The molecule has 36 heteroatoms. The highest BCUT2D eigenvalue weighted by Crippen LogP contribution is 2.38. The van der Waals surface area contributed by atoms with Gasteiger partial charge < -0.3 is 182 Å². The molecule has 0 spiro atoms. The quantitative estimate of drug-likeness (QED) is 0.117. The maximum atomic E-state index is 11.2. The molecule has 0 amide bonds. The molecule has 36 nitrogen and oxygen atoms in total. The number of aliphatic hydroxyl groups excluding tert-OH is 18. The predicted molar refractivity (Wildman–Crippen MR) is 217 cm³/mol. The third-order valence-corrected chi connectivity index (χ3v) is 12.7. The molecule has 0 aromatic heterocycles. The monoisotopic (exact) mass is 1080 g/mol. The van der Waals surface area contributed by atoms with Crippen molar-refractivity contribution in [1.29, 1.82) is 0 Å². The van der Waals surface area contributed by atoms with Crippen molar-refractivity contribution in [3.8, 4) is 0 Å². The van der Waals surface area contributed by atoms with Crippen molar-refractivity contribution in [3.05, 3.63) is 0 Å². The van der Waals surface area contributed by atoms with Crippen LogP contribution in [-0.4, -0.2) is 349 Å². The van der Waals surface area contributed by atoms with Gasteiger partial charge >= 0.3 is 0 Å². The van der Waals surface area contributed by atoms with Crippen LogP contribution in [0.15, 0.2) is 0 Å². The zero-order chi connectivity index (χ0) is 48.0. The summed E-state index contributed by atoms with van der Waals surface area (Å²) in [7, 11) is 0. The molecule has 22 aliphatic heterocycles. The van der Waals surface area contributed by atoms with Gasteiger partial charge in [0.2, 0.25) is 0 Å². The number of aliphatic hydroxyl groups is 18. The van der Waals surface area contributed by atoms with Crippen molar-refractivity contribution in [3.63, 3.8) is 0 Å². The topological polar surface area (TPSA) is 664 Å². The largest absolute Gasteiger partial charge is 0.412 e. The summed E-state index contributed by atoms with van der Waals surface area (Å²) in [6, 6.07) is 0. The van der Waals surface area contributed by atoms with Crippen LogP contribution >= 0.6 is 0 Å². The molecule has 22 aliphatic rings. The van der Waals surface area contributed by atoms with Crippen LogP contribution in [0.1, 0.15) is 0 Å². The SMILES string of the molecule is O.O.O.O.O.O.OCC1OC2OC3C(CO)OC(OC4C(CO)OC(OC5C(CO)OC(OC6C(CO)OC(OC7C(CO)OC(OC1C(O)C2O)C(O)C7O)C(O)C6O)C(O)C5O)C(O)C4O)C(O)C3O. The van der Waals surface area contributed by atoms with Crippen LogP contribution in [0.25, 0.3) is 0 Å². The van der Waals surface area contributed by atoms with Gasteiger partial charge in [-0.3, -0.25) is 0 Å². The fourth-order valence-corrected chi connectivity index (χ4v) is 8.93. The molecule has 0 aromatic carbocycles. The maximum Gasteiger partial charge on any atom is 0.187 e. The Hall–Kier alpha value is -1.44. The van der Waals surface area contributed by atoms with Gasteiger partial charge in [-0.05, 0) is 0 Å². The molecular formula is C36H72O36. The lowest BCUT2D eigenvalue weighted by Gasteiger charge is -2.50. The van der Waals surface area contributed by atoms with Crippen molar-refractivity contribution in [2.24, 2.45) is 0 Å². The molecular weight excluding hydrogens is 1010 g/mol. The van der Waals surface area contributed by atoms with Gasteiger partial charge in [0.25, 0.3) is 0 Å². The third-order valence-electron chi connectivity index (χ3n) is 12.7. The molecule has 12 bridgehead atoms. The molecule has 22 saturated heterocycles. The molecule has 22 rings (SSSR count). The van der Waals surface area contributed by atoms with E-state index in [-0.39, 0.29) is 32.9 Å². The number of hydrogen-bond donors (Lipinski definition) is 18. The Balaban J connectivity index is 0.00000432. The molecule has 30 atom stereocenters. The predicted octanol–water partition coefficient (Wildman–Crippen LogP) is -18.0. The van der Waals surface area contributed by atoms with E-state index in [0.717, 1.165) is 0 Å². The van der Waals surface area contributed by atoms with Gasteiger partial charge in [-0.2, -0.15) is 0 Å². The average Bonchev–Trinajstić information content (AvgIpc) is 3.31. The van der Waals surface area contributed by atoms with E-state index in [0.29, 0.717) is 0 Å².